The number of aryl methyl sites for hydroxylation is 1. The number of anilines is 1. The number of amides is 1. The molecular weight excluding hydrogens is 356 g/mol. The second-order valence-electron chi connectivity index (χ2n) is 6.80. The predicted octanol–water partition coefficient (Wildman–Crippen LogP) is 4.62. The van der Waals surface area contributed by atoms with Crippen molar-refractivity contribution < 1.29 is 18.8 Å². The molecule has 0 radical (unpaired) electrons. The third kappa shape index (κ3) is 3.33. The summed E-state index contributed by atoms with van der Waals surface area (Å²) in [7, 11) is 0. The van der Waals surface area contributed by atoms with Gasteiger partial charge in [0.1, 0.15) is 34.6 Å². The van der Waals surface area contributed by atoms with E-state index in [2.05, 4.69) is 10.5 Å². The van der Waals surface area contributed by atoms with Crippen molar-refractivity contribution in [1.82, 2.24) is 5.16 Å². The predicted molar refractivity (Wildman–Crippen MR) is 106 cm³/mol. The van der Waals surface area contributed by atoms with Crippen LogP contribution in [-0.2, 0) is 6.42 Å². The molecule has 0 unspecified atom stereocenters. The second kappa shape index (κ2) is 7.38. The molecule has 28 heavy (non-hydrogen) atoms. The maximum atomic E-state index is 13.1. The Bertz CT molecular complexity index is 1010. The van der Waals surface area contributed by atoms with Crippen LogP contribution in [0.5, 0.6) is 11.5 Å². The van der Waals surface area contributed by atoms with Gasteiger partial charge in [-0.1, -0.05) is 35.5 Å². The van der Waals surface area contributed by atoms with E-state index in [1.165, 1.54) is 0 Å². The van der Waals surface area contributed by atoms with Gasteiger partial charge in [0, 0.05) is 23.6 Å². The highest BCUT2D eigenvalue weighted by molar-refractivity contribution is 6.09. The summed E-state index contributed by atoms with van der Waals surface area (Å²) >= 11 is 0. The zero-order valence-electron chi connectivity index (χ0n) is 16.1. The Morgan fingerprint density at radius 3 is 2.82 bits per heavy atom. The quantitative estimate of drug-likeness (QED) is 0.701. The van der Waals surface area contributed by atoms with Crippen molar-refractivity contribution in [1.29, 1.82) is 0 Å². The van der Waals surface area contributed by atoms with Gasteiger partial charge < -0.3 is 19.3 Å². The monoisotopic (exact) mass is 378 g/mol. The summed E-state index contributed by atoms with van der Waals surface area (Å²) in [6.45, 7) is 6.16. The highest BCUT2D eigenvalue weighted by Gasteiger charge is 2.25. The molecule has 6 nitrogen and oxygen atoms in total. The average molecular weight is 378 g/mol. The number of hydrogen-bond acceptors (Lipinski definition) is 5. The van der Waals surface area contributed by atoms with Crippen LogP contribution in [0.3, 0.4) is 0 Å². The first-order chi connectivity index (χ1) is 13.6. The summed E-state index contributed by atoms with van der Waals surface area (Å²) in [5.41, 5.74) is 3.39. The molecule has 0 fully saturated rings. The van der Waals surface area contributed by atoms with E-state index in [0.717, 1.165) is 23.3 Å². The molecule has 1 aromatic heterocycles. The molecule has 1 N–H and O–H groups in total. The van der Waals surface area contributed by atoms with Gasteiger partial charge in [-0.25, -0.2) is 0 Å². The lowest BCUT2D eigenvalue weighted by molar-refractivity contribution is 0.102. The highest BCUT2D eigenvalue weighted by Crippen LogP contribution is 2.38. The lowest BCUT2D eigenvalue weighted by Crippen LogP contribution is -2.14. The highest BCUT2D eigenvalue weighted by atomic mass is 16.5. The van der Waals surface area contributed by atoms with Crippen LogP contribution in [0.1, 0.15) is 35.5 Å². The lowest BCUT2D eigenvalue weighted by Gasteiger charge is -2.13. The molecule has 0 aliphatic carbocycles. The molecule has 1 amide bonds. The van der Waals surface area contributed by atoms with E-state index in [0.29, 0.717) is 35.1 Å². The zero-order chi connectivity index (χ0) is 19.7. The van der Waals surface area contributed by atoms with E-state index in [9.17, 15) is 4.79 Å². The number of hydrogen-bond donors (Lipinski definition) is 1. The fraction of sp³-hybridized carbons (Fsp3) is 0.273. The average Bonchev–Trinajstić information content (AvgIpc) is 3.24. The van der Waals surface area contributed by atoms with Crippen LogP contribution in [0.4, 0.5) is 5.69 Å². The minimum absolute atomic E-state index is 0.112. The van der Waals surface area contributed by atoms with Gasteiger partial charge in [-0.3, -0.25) is 4.79 Å². The normalized spacial score (nSPS) is 15.0. The Hall–Kier alpha value is -3.28. The fourth-order valence-electron chi connectivity index (χ4n) is 3.43. The molecular formula is C22H22N2O4. The third-order valence-corrected chi connectivity index (χ3v) is 4.68. The van der Waals surface area contributed by atoms with E-state index >= 15 is 0 Å². The maximum absolute atomic E-state index is 13.1. The standard InChI is InChI=1S/C22H22N2O4/c1-4-26-19-11-16-10-13(2)27-18(16)12-17(19)23-22(25)20-14(3)28-24-21(20)15-8-6-5-7-9-15/h5-9,11-13H,4,10H2,1-3H3,(H,23,25)/t13-/m0/s1. The van der Waals surface area contributed by atoms with Gasteiger partial charge in [0.15, 0.2) is 0 Å². The zero-order valence-corrected chi connectivity index (χ0v) is 16.1. The topological polar surface area (TPSA) is 73.6 Å². The molecule has 3 aromatic rings. The van der Waals surface area contributed by atoms with E-state index in [4.69, 9.17) is 14.0 Å². The molecule has 6 heteroatoms. The van der Waals surface area contributed by atoms with Gasteiger partial charge in [0.05, 0.1) is 12.3 Å². The van der Waals surface area contributed by atoms with Crippen LogP contribution in [0.15, 0.2) is 47.0 Å². The smallest absolute Gasteiger partial charge is 0.261 e. The van der Waals surface area contributed by atoms with Gasteiger partial charge in [-0.05, 0) is 26.8 Å². The third-order valence-electron chi connectivity index (χ3n) is 4.68. The van der Waals surface area contributed by atoms with E-state index in [1.807, 2.05) is 56.3 Å². The molecule has 0 spiro atoms. The van der Waals surface area contributed by atoms with E-state index in [1.54, 1.807) is 6.92 Å². The summed E-state index contributed by atoms with van der Waals surface area (Å²) < 4.78 is 16.9. The number of benzene rings is 2. The Kier molecular flexibility index (Phi) is 4.77. The first kappa shape index (κ1) is 18.1. The Balaban J connectivity index is 1.68. The Labute approximate surface area is 163 Å². The molecule has 4 rings (SSSR count). The van der Waals surface area contributed by atoms with Crippen molar-refractivity contribution in [2.75, 3.05) is 11.9 Å². The summed E-state index contributed by atoms with van der Waals surface area (Å²) in [6, 6.07) is 13.3. The number of nitrogens with one attached hydrogen (secondary N) is 1. The van der Waals surface area contributed by atoms with Crippen LogP contribution in [0, 0.1) is 6.92 Å². The lowest BCUT2D eigenvalue weighted by atomic mass is 10.1. The van der Waals surface area contributed by atoms with Crippen LogP contribution >= 0.6 is 0 Å². The minimum atomic E-state index is -0.301. The molecule has 1 aliphatic heterocycles. The minimum Gasteiger partial charge on any atom is -0.492 e. The number of ether oxygens (including phenoxy) is 2. The largest absolute Gasteiger partial charge is 0.492 e. The Morgan fingerprint density at radius 2 is 2.07 bits per heavy atom. The molecule has 0 bridgehead atoms. The molecule has 144 valence electrons. The first-order valence-corrected chi connectivity index (χ1v) is 9.36. The summed E-state index contributed by atoms with van der Waals surface area (Å²) in [6.07, 6.45) is 0.937. The molecule has 2 heterocycles. The van der Waals surface area contributed by atoms with Crippen molar-refractivity contribution in [2.24, 2.45) is 0 Å². The molecule has 0 saturated carbocycles. The van der Waals surface area contributed by atoms with Gasteiger partial charge in [0.2, 0.25) is 0 Å². The Morgan fingerprint density at radius 1 is 1.29 bits per heavy atom. The van der Waals surface area contributed by atoms with Crippen molar-refractivity contribution in [3.63, 3.8) is 0 Å². The summed E-state index contributed by atoms with van der Waals surface area (Å²) in [5, 5.41) is 7.03. The summed E-state index contributed by atoms with van der Waals surface area (Å²) in [5.74, 6) is 1.56. The van der Waals surface area contributed by atoms with Gasteiger partial charge in [-0.2, -0.15) is 0 Å². The van der Waals surface area contributed by atoms with Crippen LogP contribution in [-0.4, -0.2) is 23.8 Å². The van der Waals surface area contributed by atoms with Crippen molar-refractivity contribution >= 4 is 11.6 Å². The van der Waals surface area contributed by atoms with Crippen LogP contribution < -0.4 is 14.8 Å². The van der Waals surface area contributed by atoms with Crippen LogP contribution in [0.2, 0.25) is 0 Å². The van der Waals surface area contributed by atoms with Crippen LogP contribution in [0.25, 0.3) is 11.3 Å². The number of carbonyl (C=O) groups excluding carboxylic acids is 1. The molecule has 1 aliphatic rings. The van der Waals surface area contributed by atoms with E-state index < -0.39 is 0 Å². The van der Waals surface area contributed by atoms with E-state index in [-0.39, 0.29) is 12.0 Å². The summed E-state index contributed by atoms with van der Waals surface area (Å²) in [4.78, 5) is 13.1. The van der Waals surface area contributed by atoms with Crippen molar-refractivity contribution in [3.05, 3.63) is 59.4 Å². The number of aromatic nitrogens is 1. The maximum Gasteiger partial charge on any atom is 0.261 e. The van der Waals surface area contributed by atoms with Gasteiger partial charge in [-0.15, -0.1) is 0 Å². The first-order valence-electron chi connectivity index (χ1n) is 9.36. The van der Waals surface area contributed by atoms with Crippen molar-refractivity contribution in [2.45, 2.75) is 33.3 Å². The number of fused-ring (bicyclic) bond motifs is 1. The molecule has 0 saturated heterocycles. The SMILES string of the molecule is CCOc1cc2c(cc1NC(=O)c1c(-c3ccccc3)noc1C)O[C@@H](C)C2. The second-order valence-corrected chi connectivity index (χ2v) is 6.80. The van der Waals surface area contributed by atoms with Crippen molar-refractivity contribution in [3.8, 4) is 22.8 Å². The number of nitrogens with zero attached hydrogens (tertiary/aromatic N) is 1. The fourth-order valence-corrected chi connectivity index (χ4v) is 3.43. The molecule has 2 aromatic carbocycles. The van der Waals surface area contributed by atoms with Gasteiger partial charge in [0.25, 0.3) is 5.91 Å². The number of rotatable bonds is 5. The number of carbonyl (C=O) groups is 1. The molecule has 1 atom stereocenters. The van der Waals surface area contributed by atoms with Gasteiger partial charge >= 0.3 is 0 Å².